The number of aryl methyl sites for hydroxylation is 8. The monoisotopic (exact) mass is 1080 g/mol. The van der Waals surface area contributed by atoms with E-state index in [0.717, 1.165) is 30.1 Å². The number of allylic oxidation sites excluding steroid dienone is 4. The molecular weight excluding hydrogens is 963 g/mol. The molecule has 2 bridgehead atoms. The van der Waals surface area contributed by atoms with E-state index in [1.165, 1.54) is 100 Å². The van der Waals surface area contributed by atoms with Gasteiger partial charge in [0.1, 0.15) is 0 Å². The van der Waals surface area contributed by atoms with Crippen LogP contribution in [0.1, 0.15) is 186 Å². The summed E-state index contributed by atoms with van der Waals surface area (Å²) in [6, 6.07) is 64.2. The molecule has 0 saturated heterocycles. The largest absolute Gasteiger partial charge is 0.310 e. The molecule has 1 heteroatoms. The number of nitrogens with zero attached hydrogens (tertiary/aromatic N) is 1. The summed E-state index contributed by atoms with van der Waals surface area (Å²) in [5.74, 6) is 3.43. The molecule has 0 aromatic heterocycles. The Morgan fingerprint density at radius 3 is 1.15 bits per heavy atom. The number of rotatable bonds is 5. The van der Waals surface area contributed by atoms with Crippen LogP contribution in [-0.2, 0) is 11.8 Å². The van der Waals surface area contributed by atoms with Crippen LogP contribution >= 0.6 is 0 Å². The topological polar surface area (TPSA) is 3.24 Å². The number of fused-ring (bicyclic) bond motifs is 2. The van der Waals surface area contributed by atoms with Crippen LogP contribution in [0.15, 0.2) is 206 Å². The summed E-state index contributed by atoms with van der Waals surface area (Å²) in [5, 5.41) is 0. The average molecular weight is 1080 g/mol. The zero-order valence-corrected chi connectivity index (χ0v) is 54.8. The number of hydrogen-bond donors (Lipinski definition) is 0. The molecule has 1 saturated carbocycles. The first kappa shape index (κ1) is 73.8. The summed E-state index contributed by atoms with van der Waals surface area (Å²) in [6.45, 7) is 44.5. The Morgan fingerprint density at radius 2 is 0.787 bits per heavy atom. The second kappa shape index (κ2) is 44.6. The third-order valence-electron chi connectivity index (χ3n) is 13.6. The van der Waals surface area contributed by atoms with Gasteiger partial charge in [0.05, 0.1) is 0 Å². The molecule has 436 valence electrons. The second-order valence-electron chi connectivity index (χ2n) is 21.2. The molecule has 3 aliphatic carbocycles. The minimum atomic E-state index is 0.433. The lowest BCUT2D eigenvalue weighted by atomic mass is 9.48. The summed E-state index contributed by atoms with van der Waals surface area (Å²) >= 11 is 0. The van der Waals surface area contributed by atoms with Gasteiger partial charge in [-0.25, -0.2) is 0 Å². The van der Waals surface area contributed by atoms with Crippen molar-refractivity contribution in [3.05, 3.63) is 256 Å². The van der Waals surface area contributed by atoms with Crippen molar-refractivity contribution in [2.45, 2.75) is 196 Å². The molecule has 0 radical (unpaired) electrons. The number of hydrogen-bond acceptors (Lipinski definition) is 1. The van der Waals surface area contributed by atoms with E-state index >= 15 is 0 Å². The van der Waals surface area contributed by atoms with Gasteiger partial charge < -0.3 is 4.90 Å². The lowest BCUT2D eigenvalue weighted by Gasteiger charge is -2.56. The maximum atomic E-state index is 2.44. The number of anilines is 3. The van der Waals surface area contributed by atoms with E-state index in [2.05, 4.69) is 291 Å². The van der Waals surface area contributed by atoms with Crippen LogP contribution in [0.2, 0.25) is 0 Å². The van der Waals surface area contributed by atoms with E-state index in [9.17, 15) is 0 Å². The highest BCUT2D eigenvalue weighted by molar-refractivity contribution is 5.76. The minimum absolute atomic E-state index is 0.433. The molecule has 0 aliphatic heterocycles. The number of para-hydroxylation sites is 1. The Labute approximate surface area is 495 Å². The van der Waals surface area contributed by atoms with Gasteiger partial charge in [-0.2, -0.15) is 0 Å². The predicted octanol–water partition coefficient (Wildman–Crippen LogP) is 25.0. The molecule has 1 fully saturated rings. The highest BCUT2D eigenvalue weighted by Crippen LogP contribution is 2.57. The van der Waals surface area contributed by atoms with Crippen molar-refractivity contribution in [3.8, 4) is 0 Å². The lowest BCUT2D eigenvalue weighted by molar-refractivity contribution is 0.0656. The molecule has 4 unspecified atom stereocenters. The van der Waals surface area contributed by atoms with Crippen LogP contribution in [0.3, 0.4) is 0 Å². The Morgan fingerprint density at radius 1 is 0.400 bits per heavy atom. The van der Waals surface area contributed by atoms with Gasteiger partial charge in [0.25, 0.3) is 0 Å². The van der Waals surface area contributed by atoms with Gasteiger partial charge in [-0.15, -0.1) is 0 Å². The second-order valence-corrected chi connectivity index (χ2v) is 21.2. The summed E-state index contributed by atoms with van der Waals surface area (Å²) in [4.78, 5) is 2.28. The van der Waals surface area contributed by atoms with Crippen LogP contribution in [0.4, 0.5) is 17.1 Å². The zero-order valence-electron chi connectivity index (χ0n) is 54.8. The summed E-state index contributed by atoms with van der Waals surface area (Å²) in [5.41, 5.74) is 16.2. The quantitative estimate of drug-likeness (QED) is 0.155. The first-order valence-corrected chi connectivity index (χ1v) is 31.1. The smallest absolute Gasteiger partial charge is 0.0464 e. The van der Waals surface area contributed by atoms with Gasteiger partial charge in [0.2, 0.25) is 0 Å². The van der Waals surface area contributed by atoms with Crippen molar-refractivity contribution in [1.82, 2.24) is 0 Å². The fourth-order valence-corrected chi connectivity index (χ4v) is 9.27. The molecule has 5 atom stereocenters. The van der Waals surface area contributed by atoms with Crippen molar-refractivity contribution >= 4 is 17.1 Å². The van der Waals surface area contributed by atoms with Crippen molar-refractivity contribution in [1.29, 1.82) is 0 Å². The fourth-order valence-electron chi connectivity index (χ4n) is 9.27. The van der Waals surface area contributed by atoms with E-state index in [-0.39, 0.29) is 0 Å². The van der Waals surface area contributed by atoms with Crippen LogP contribution in [0.5, 0.6) is 0 Å². The molecule has 3 aliphatic rings. The first-order chi connectivity index (χ1) is 38.6. The maximum absolute atomic E-state index is 2.44. The van der Waals surface area contributed by atoms with E-state index < -0.39 is 0 Å². The zero-order chi connectivity index (χ0) is 60.3. The molecule has 0 N–H and O–H groups in total. The molecular formula is C79H115N. The maximum Gasteiger partial charge on any atom is 0.0464 e. The minimum Gasteiger partial charge on any atom is -0.310 e. The van der Waals surface area contributed by atoms with Crippen LogP contribution < -0.4 is 4.90 Å². The average Bonchev–Trinajstić information content (AvgIpc) is 3.48. The third kappa shape index (κ3) is 28.8. The standard InChI is InChI=1S/C20H19N.C15H18.C9H12.C8H10.C8H14.C7H8.2C3H8.3C2H6/c1-16-11-13-19(14-12-16)21(18-8-4-3-5-9-18)20-10-6-7-17(2)15-20;1-11-6-8-12(9-7-11)15(2)13-4-3-5-14(15)10-13;1-3-9-6-4-5-8(2)7-9;1-7-3-5-8(2)6-4-7;1-7-4-3-5-8(2)6-7;1-7-5-3-2-4-6-7;2*1-3-2;3*1-2/h3-15H,1-2H3;3-4,6-9,13-14H,5,10H2,1-2H3;4-7H,3H2,1-2H3;3-6H,1-2H3;3-4,7-8H,5-6H2,1-2H3;2-6H,1H3;2*3H2,1-2H3;3*1-2H3/t;13-,14?,15?;;;;;;;;;/m.1........./s1. The summed E-state index contributed by atoms with van der Waals surface area (Å²) in [6.07, 6.45) is 18.4. The van der Waals surface area contributed by atoms with Gasteiger partial charge in [-0.05, 0) is 157 Å². The van der Waals surface area contributed by atoms with Crippen LogP contribution in [-0.4, -0.2) is 0 Å². The van der Waals surface area contributed by atoms with Gasteiger partial charge in [-0.3, -0.25) is 0 Å². The van der Waals surface area contributed by atoms with Gasteiger partial charge >= 0.3 is 0 Å². The molecule has 1 nitrogen and oxygen atoms in total. The Balaban J connectivity index is 0.000000937. The Kier molecular flexibility index (Phi) is 41.1. The summed E-state index contributed by atoms with van der Waals surface area (Å²) in [7, 11) is 0. The van der Waals surface area contributed by atoms with Gasteiger partial charge in [0.15, 0.2) is 0 Å². The predicted molar refractivity (Wildman–Crippen MR) is 365 cm³/mol. The van der Waals surface area contributed by atoms with E-state index in [1.54, 1.807) is 5.56 Å². The molecule has 7 aromatic rings. The SMILES string of the molecule is CC.CC.CC.CC1C=CCC(C)C1.CCC.CCC.CCc1cccc(C)c1.Cc1ccc(C)cc1.Cc1ccc(C2(C)C3CC=C[C@@H]2C3)cc1.Cc1ccc(N(c2ccccc2)c2cccc(C)c2)cc1.Cc1ccccc1. The van der Waals surface area contributed by atoms with E-state index in [4.69, 9.17) is 0 Å². The highest BCUT2D eigenvalue weighted by Gasteiger charge is 2.52. The van der Waals surface area contributed by atoms with Crippen molar-refractivity contribution < 1.29 is 0 Å². The Hall–Kier alpha value is -6.18. The normalized spacial score (nSPS) is 17.0. The summed E-state index contributed by atoms with van der Waals surface area (Å²) < 4.78 is 0. The van der Waals surface area contributed by atoms with Crippen molar-refractivity contribution in [3.63, 3.8) is 0 Å². The fraction of sp³-hybridized carbons (Fsp3) is 0.418. The van der Waals surface area contributed by atoms with E-state index in [1.807, 2.05) is 65.8 Å². The Bertz CT molecular complexity index is 2560. The molecule has 80 heavy (non-hydrogen) atoms. The van der Waals surface area contributed by atoms with E-state index in [0.29, 0.717) is 5.41 Å². The first-order valence-electron chi connectivity index (χ1n) is 31.1. The van der Waals surface area contributed by atoms with Crippen molar-refractivity contribution in [2.75, 3.05) is 4.90 Å². The van der Waals surface area contributed by atoms with Gasteiger partial charge in [0, 0.05) is 22.5 Å². The number of benzene rings is 7. The molecule has 0 heterocycles. The highest BCUT2D eigenvalue weighted by atomic mass is 15.1. The molecule has 10 rings (SSSR count). The molecule has 0 spiro atoms. The molecule has 7 aromatic carbocycles. The van der Waals surface area contributed by atoms with Crippen LogP contribution in [0.25, 0.3) is 0 Å². The van der Waals surface area contributed by atoms with Gasteiger partial charge in [-0.1, -0.05) is 313 Å². The lowest BCUT2D eigenvalue weighted by Crippen LogP contribution is -2.51. The third-order valence-corrected chi connectivity index (χ3v) is 13.6. The molecule has 0 amide bonds. The van der Waals surface area contributed by atoms with Crippen LogP contribution in [0, 0.1) is 72.1 Å². The van der Waals surface area contributed by atoms with Crippen molar-refractivity contribution in [2.24, 2.45) is 23.7 Å².